The normalized spacial score (nSPS) is 11.0. The molecule has 1 heterocycles. The molecule has 0 fully saturated rings. The summed E-state index contributed by atoms with van der Waals surface area (Å²) in [6.45, 7) is 2.10. The molecule has 4 aromatic carbocycles. The summed E-state index contributed by atoms with van der Waals surface area (Å²) in [4.78, 5) is 28.2. The lowest BCUT2D eigenvalue weighted by Crippen LogP contribution is -2.05. The first-order valence-electron chi connectivity index (χ1n) is 12.6. The molecule has 0 aliphatic heterocycles. The molecule has 5 aromatic rings. The molecule has 1 N–H and O–H groups in total. The van der Waals surface area contributed by atoms with E-state index >= 15 is 0 Å². The van der Waals surface area contributed by atoms with Crippen LogP contribution in [0.5, 0.6) is 0 Å². The number of hydrogen-bond donors (Lipinski definition) is 1. The topological polar surface area (TPSA) is 80.9 Å². The molecule has 0 aliphatic rings. The van der Waals surface area contributed by atoms with Crippen LogP contribution in [0, 0.1) is 0 Å². The lowest BCUT2D eigenvalue weighted by molar-refractivity contribution is 0.0526. The zero-order valence-electron chi connectivity index (χ0n) is 21.3. The lowest BCUT2D eigenvalue weighted by Gasteiger charge is -2.15. The molecule has 192 valence electrons. The molecule has 6 heteroatoms. The van der Waals surface area contributed by atoms with Crippen LogP contribution >= 0.6 is 0 Å². The van der Waals surface area contributed by atoms with Gasteiger partial charge in [0.05, 0.1) is 34.8 Å². The first-order chi connectivity index (χ1) is 19.0. The summed E-state index contributed by atoms with van der Waals surface area (Å²) in [5, 5.41) is 9.20. The van der Waals surface area contributed by atoms with Crippen LogP contribution in [-0.4, -0.2) is 34.4 Å². The molecule has 0 radical (unpaired) electrons. The Balaban J connectivity index is 1.68. The van der Waals surface area contributed by atoms with Gasteiger partial charge in [0.25, 0.3) is 0 Å². The van der Waals surface area contributed by atoms with E-state index in [-0.39, 0.29) is 11.5 Å². The summed E-state index contributed by atoms with van der Waals surface area (Å²) in [5.74, 6) is -1.33. The minimum absolute atomic E-state index is 0.211. The molecule has 0 aliphatic carbocycles. The van der Waals surface area contributed by atoms with E-state index in [0.29, 0.717) is 17.9 Å². The van der Waals surface area contributed by atoms with Crippen molar-refractivity contribution in [2.24, 2.45) is 4.99 Å². The molecule has 6 nitrogen and oxygen atoms in total. The van der Waals surface area contributed by atoms with Gasteiger partial charge in [0.2, 0.25) is 0 Å². The maximum atomic E-state index is 12.3. The van der Waals surface area contributed by atoms with Gasteiger partial charge >= 0.3 is 11.9 Å². The third kappa shape index (κ3) is 5.55. The van der Waals surface area contributed by atoms with E-state index in [1.807, 2.05) is 60.7 Å². The molecule has 0 bridgehead atoms. The highest BCUT2D eigenvalue weighted by atomic mass is 16.5. The van der Waals surface area contributed by atoms with Crippen molar-refractivity contribution in [3.63, 3.8) is 0 Å². The molecular weight excluding hydrogens is 488 g/mol. The Morgan fingerprint density at radius 2 is 1.38 bits per heavy atom. The Bertz CT molecular complexity index is 1620. The van der Waals surface area contributed by atoms with Gasteiger partial charge in [-0.1, -0.05) is 60.7 Å². The van der Waals surface area contributed by atoms with E-state index in [1.165, 1.54) is 0 Å². The predicted molar refractivity (Wildman–Crippen MR) is 153 cm³/mol. The van der Waals surface area contributed by atoms with Crippen molar-refractivity contribution >= 4 is 23.8 Å². The van der Waals surface area contributed by atoms with Crippen LogP contribution in [0.2, 0.25) is 0 Å². The molecule has 1 aromatic heterocycles. The van der Waals surface area contributed by atoms with Gasteiger partial charge in [0, 0.05) is 17.5 Å². The zero-order chi connectivity index (χ0) is 27.2. The summed E-state index contributed by atoms with van der Waals surface area (Å²) < 4.78 is 7.32. The van der Waals surface area contributed by atoms with E-state index in [2.05, 4.69) is 27.8 Å². The van der Waals surface area contributed by atoms with Crippen LogP contribution in [-0.2, 0) is 4.74 Å². The van der Waals surface area contributed by atoms with Crippen LogP contribution < -0.4 is 0 Å². The first-order valence-corrected chi connectivity index (χ1v) is 12.6. The average Bonchev–Trinajstić information content (AvgIpc) is 3.37. The van der Waals surface area contributed by atoms with Crippen LogP contribution in [0.15, 0.2) is 120 Å². The van der Waals surface area contributed by atoms with E-state index < -0.39 is 5.97 Å². The van der Waals surface area contributed by atoms with Gasteiger partial charge < -0.3 is 14.4 Å². The highest BCUT2D eigenvalue weighted by molar-refractivity contribution is 5.95. The Morgan fingerprint density at radius 3 is 1.97 bits per heavy atom. The maximum Gasteiger partial charge on any atom is 0.338 e. The summed E-state index contributed by atoms with van der Waals surface area (Å²) in [6, 6.07) is 36.0. The smallest absolute Gasteiger partial charge is 0.338 e. The Labute approximate surface area is 226 Å². The number of aliphatic imine (C=N–C) groups is 1. The van der Waals surface area contributed by atoms with Gasteiger partial charge in [-0.3, -0.25) is 4.99 Å². The largest absolute Gasteiger partial charge is 0.478 e. The van der Waals surface area contributed by atoms with Gasteiger partial charge in [-0.2, -0.15) is 0 Å². The predicted octanol–water partition coefficient (Wildman–Crippen LogP) is 7.44. The quantitative estimate of drug-likeness (QED) is 0.172. The molecule has 5 rings (SSSR count). The zero-order valence-corrected chi connectivity index (χ0v) is 21.3. The van der Waals surface area contributed by atoms with Gasteiger partial charge in [0.15, 0.2) is 0 Å². The first kappa shape index (κ1) is 25.4. The average molecular weight is 515 g/mol. The van der Waals surface area contributed by atoms with Crippen LogP contribution in [0.25, 0.3) is 28.2 Å². The second kappa shape index (κ2) is 11.4. The lowest BCUT2D eigenvalue weighted by atomic mass is 10.1. The highest BCUT2D eigenvalue weighted by Gasteiger charge is 2.19. The second-order valence-electron chi connectivity index (χ2n) is 8.78. The number of rotatable bonds is 8. The molecule has 39 heavy (non-hydrogen) atoms. The number of benzene rings is 4. The fourth-order valence-electron chi connectivity index (χ4n) is 4.40. The van der Waals surface area contributed by atoms with Crippen LogP contribution in [0.1, 0.15) is 33.2 Å². The summed E-state index contributed by atoms with van der Waals surface area (Å²) >= 11 is 0. The number of carbonyl (C=O) groups excluding carboxylic acids is 1. The number of aromatic carboxylic acids is 1. The van der Waals surface area contributed by atoms with Crippen molar-refractivity contribution in [1.82, 2.24) is 4.57 Å². The van der Waals surface area contributed by atoms with E-state index in [4.69, 9.17) is 4.74 Å². The number of hydrogen-bond acceptors (Lipinski definition) is 4. The van der Waals surface area contributed by atoms with E-state index in [9.17, 15) is 14.7 Å². The fourth-order valence-corrected chi connectivity index (χ4v) is 4.40. The van der Waals surface area contributed by atoms with Gasteiger partial charge in [0.1, 0.15) is 0 Å². The third-order valence-electron chi connectivity index (χ3n) is 6.25. The van der Waals surface area contributed by atoms with Gasteiger partial charge in [-0.25, -0.2) is 9.59 Å². The Kier molecular flexibility index (Phi) is 7.46. The molecule has 0 atom stereocenters. The standard InChI is InChI=1S/C33H26N2O4/c1-2-39-33(38)26-15-19-29(20-16-26)35-30(23-9-5-3-6-10-23)21-27(31(35)24-11-7-4-8-12-24)22-34-28-17-13-25(14-18-28)32(36)37/h3-22H,2H2,1H3,(H,36,37). The third-order valence-corrected chi connectivity index (χ3v) is 6.25. The summed E-state index contributed by atoms with van der Waals surface area (Å²) in [6.07, 6.45) is 1.80. The van der Waals surface area contributed by atoms with Gasteiger partial charge in [-0.15, -0.1) is 0 Å². The second-order valence-corrected chi connectivity index (χ2v) is 8.78. The van der Waals surface area contributed by atoms with Crippen molar-refractivity contribution in [3.05, 3.63) is 132 Å². The maximum absolute atomic E-state index is 12.3. The van der Waals surface area contributed by atoms with Crippen molar-refractivity contribution in [1.29, 1.82) is 0 Å². The van der Waals surface area contributed by atoms with Crippen LogP contribution in [0.3, 0.4) is 0 Å². The number of aromatic nitrogens is 1. The monoisotopic (exact) mass is 514 g/mol. The minimum atomic E-state index is -0.976. The Morgan fingerprint density at radius 1 is 0.795 bits per heavy atom. The van der Waals surface area contributed by atoms with E-state index in [0.717, 1.165) is 33.8 Å². The van der Waals surface area contributed by atoms with Crippen molar-refractivity contribution in [2.45, 2.75) is 6.92 Å². The SMILES string of the molecule is CCOC(=O)c1ccc(-n2c(-c3ccccc3)cc(C=Nc3ccc(C(=O)O)cc3)c2-c2ccccc2)cc1. The van der Waals surface area contributed by atoms with Gasteiger partial charge in [-0.05, 0) is 72.6 Å². The van der Waals surface area contributed by atoms with E-state index in [1.54, 1.807) is 49.5 Å². The fraction of sp³-hybridized carbons (Fsp3) is 0.0606. The molecule has 0 spiro atoms. The number of carboxylic acids is 1. The van der Waals surface area contributed by atoms with Crippen molar-refractivity contribution in [2.75, 3.05) is 6.61 Å². The molecule has 0 saturated carbocycles. The minimum Gasteiger partial charge on any atom is -0.478 e. The van der Waals surface area contributed by atoms with Crippen molar-refractivity contribution < 1.29 is 19.4 Å². The molecule has 0 unspecified atom stereocenters. The van der Waals surface area contributed by atoms with Crippen molar-refractivity contribution in [3.8, 4) is 28.2 Å². The number of carbonyl (C=O) groups is 2. The molecular formula is C33H26N2O4. The molecule has 0 saturated heterocycles. The van der Waals surface area contributed by atoms with Crippen LogP contribution in [0.4, 0.5) is 5.69 Å². The number of nitrogens with zero attached hydrogens (tertiary/aromatic N) is 2. The summed E-state index contributed by atoms with van der Waals surface area (Å²) in [5.41, 5.74) is 7.02. The number of ether oxygens (including phenoxy) is 1. The molecule has 0 amide bonds. The highest BCUT2D eigenvalue weighted by Crippen LogP contribution is 2.35. The number of esters is 1. The number of carboxylic acid groups (broad SMARTS) is 1. The Hall–Kier alpha value is -5.23. The summed E-state index contributed by atoms with van der Waals surface area (Å²) in [7, 11) is 0.